The van der Waals surface area contributed by atoms with Crippen LogP contribution in [0.3, 0.4) is 0 Å². The Hall–Kier alpha value is -1.39. The molecule has 2 saturated heterocycles. The predicted octanol–water partition coefficient (Wildman–Crippen LogP) is 2.85. The third-order valence-electron chi connectivity index (χ3n) is 5.61. The molecular weight excluding hydrogens is 312 g/mol. The van der Waals surface area contributed by atoms with Crippen molar-refractivity contribution in [2.45, 2.75) is 52.0 Å². The van der Waals surface area contributed by atoms with E-state index < -0.39 is 0 Å². The lowest BCUT2D eigenvalue weighted by molar-refractivity contribution is -0.122. The lowest BCUT2D eigenvalue weighted by Crippen LogP contribution is -2.45. The molecule has 138 valence electrons. The van der Waals surface area contributed by atoms with E-state index in [4.69, 9.17) is 4.74 Å². The maximum Gasteiger partial charge on any atom is 0.220 e. The summed E-state index contributed by atoms with van der Waals surface area (Å²) < 4.78 is 5.47. The van der Waals surface area contributed by atoms with E-state index in [2.05, 4.69) is 42.3 Å². The summed E-state index contributed by atoms with van der Waals surface area (Å²) in [5.74, 6) is 0.909. The number of benzene rings is 1. The average molecular weight is 344 g/mol. The van der Waals surface area contributed by atoms with Crippen LogP contribution in [0.2, 0.25) is 0 Å². The highest BCUT2D eigenvalue weighted by Gasteiger charge is 2.24. The zero-order chi connectivity index (χ0) is 17.6. The second-order valence-corrected chi connectivity index (χ2v) is 7.80. The Kier molecular flexibility index (Phi) is 6.49. The number of rotatable bonds is 6. The Balaban J connectivity index is 1.36. The number of hydrogen-bond acceptors (Lipinski definition) is 3. The van der Waals surface area contributed by atoms with Crippen molar-refractivity contribution in [3.8, 4) is 0 Å². The number of piperidine rings is 1. The number of hydrogen-bond donors (Lipinski definition) is 1. The topological polar surface area (TPSA) is 41.6 Å². The van der Waals surface area contributed by atoms with Gasteiger partial charge in [0, 0.05) is 38.7 Å². The van der Waals surface area contributed by atoms with Crippen LogP contribution < -0.4 is 5.32 Å². The van der Waals surface area contributed by atoms with Gasteiger partial charge < -0.3 is 15.0 Å². The van der Waals surface area contributed by atoms with Gasteiger partial charge in [0.1, 0.15) is 0 Å². The molecule has 0 spiro atoms. The normalized spacial score (nSPS) is 22.2. The summed E-state index contributed by atoms with van der Waals surface area (Å²) in [4.78, 5) is 14.8. The summed E-state index contributed by atoms with van der Waals surface area (Å²) in [5.41, 5.74) is 3.85. The van der Waals surface area contributed by atoms with Crippen molar-refractivity contribution < 1.29 is 9.53 Å². The smallest absolute Gasteiger partial charge is 0.220 e. The lowest BCUT2D eigenvalue weighted by atomic mass is 10.00. The first kappa shape index (κ1) is 18.4. The van der Waals surface area contributed by atoms with Crippen molar-refractivity contribution in [2.24, 2.45) is 5.92 Å². The van der Waals surface area contributed by atoms with E-state index in [1.807, 2.05) is 0 Å². The van der Waals surface area contributed by atoms with Crippen molar-refractivity contribution in [1.82, 2.24) is 10.2 Å². The van der Waals surface area contributed by atoms with Gasteiger partial charge in [-0.05, 0) is 56.6 Å². The molecule has 0 radical (unpaired) electrons. The molecule has 2 heterocycles. The molecule has 2 aliphatic rings. The molecule has 0 bridgehead atoms. The number of carbonyl (C=O) groups excluding carboxylic acids is 1. The molecule has 1 unspecified atom stereocenters. The molecule has 1 amide bonds. The molecule has 0 aliphatic carbocycles. The first-order valence-electron chi connectivity index (χ1n) is 9.76. The summed E-state index contributed by atoms with van der Waals surface area (Å²) in [7, 11) is 0. The van der Waals surface area contributed by atoms with Gasteiger partial charge in [-0.15, -0.1) is 0 Å². The number of likely N-dealkylation sites (tertiary alicyclic amines) is 1. The zero-order valence-corrected chi connectivity index (χ0v) is 15.7. The largest absolute Gasteiger partial charge is 0.381 e. The SMILES string of the molecule is Cc1ccc(CCC(=O)NC2CCN(CC3CCOC3)CC2)c(C)c1. The number of nitrogens with one attached hydrogen (secondary N) is 1. The van der Waals surface area contributed by atoms with Gasteiger partial charge in [-0.25, -0.2) is 0 Å². The van der Waals surface area contributed by atoms with Crippen molar-refractivity contribution in [3.05, 3.63) is 34.9 Å². The highest BCUT2D eigenvalue weighted by Crippen LogP contribution is 2.18. The molecule has 0 saturated carbocycles. The van der Waals surface area contributed by atoms with E-state index in [9.17, 15) is 4.79 Å². The molecule has 1 atom stereocenters. The molecular formula is C21H32N2O2. The Morgan fingerprint density at radius 2 is 2.04 bits per heavy atom. The van der Waals surface area contributed by atoms with Crippen LogP contribution in [0.1, 0.15) is 42.4 Å². The van der Waals surface area contributed by atoms with Crippen molar-refractivity contribution in [3.63, 3.8) is 0 Å². The number of ether oxygens (including phenoxy) is 1. The van der Waals surface area contributed by atoms with Crippen molar-refractivity contribution >= 4 is 5.91 Å². The minimum atomic E-state index is 0.197. The molecule has 2 aliphatic heterocycles. The average Bonchev–Trinajstić information content (AvgIpc) is 3.09. The molecule has 4 heteroatoms. The van der Waals surface area contributed by atoms with Crippen LogP contribution in [-0.4, -0.2) is 49.7 Å². The highest BCUT2D eigenvalue weighted by molar-refractivity contribution is 5.76. The quantitative estimate of drug-likeness (QED) is 0.863. The Bertz CT molecular complexity index is 573. The molecule has 0 aromatic heterocycles. The maximum absolute atomic E-state index is 12.3. The van der Waals surface area contributed by atoms with Crippen molar-refractivity contribution in [1.29, 1.82) is 0 Å². The molecule has 4 nitrogen and oxygen atoms in total. The monoisotopic (exact) mass is 344 g/mol. The van der Waals surface area contributed by atoms with Gasteiger partial charge in [-0.1, -0.05) is 23.8 Å². The Morgan fingerprint density at radius 1 is 1.24 bits per heavy atom. The second kappa shape index (κ2) is 8.81. The number of carbonyl (C=O) groups is 1. The van der Waals surface area contributed by atoms with E-state index >= 15 is 0 Å². The fourth-order valence-corrected chi connectivity index (χ4v) is 4.03. The standard InChI is InChI=1S/C21H32N2O2/c1-16-3-4-19(17(2)13-16)5-6-21(24)22-20-7-10-23(11-8-20)14-18-9-12-25-15-18/h3-4,13,18,20H,5-12,14-15H2,1-2H3,(H,22,24). The first-order valence-corrected chi connectivity index (χ1v) is 9.76. The summed E-state index contributed by atoms with van der Waals surface area (Å²) >= 11 is 0. The van der Waals surface area contributed by atoms with E-state index in [0.717, 1.165) is 52.1 Å². The van der Waals surface area contributed by atoms with E-state index in [-0.39, 0.29) is 5.91 Å². The van der Waals surface area contributed by atoms with Crippen LogP contribution in [0.15, 0.2) is 18.2 Å². The summed E-state index contributed by atoms with van der Waals surface area (Å²) in [5, 5.41) is 3.24. The van der Waals surface area contributed by atoms with Crippen LogP contribution in [0.4, 0.5) is 0 Å². The zero-order valence-electron chi connectivity index (χ0n) is 15.7. The molecule has 3 rings (SSSR count). The fourth-order valence-electron chi connectivity index (χ4n) is 4.03. The molecule has 1 N–H and O–H groups in total. The third-order valence-corrected chi connectivity index (χ3v) is 5.61. The lowest BCUT2D eigenvalue weighted by Gasteiger charge is -2.33. The van der Waals surface area contributed by atoms with Gasteiger partial charge in [0.15, 0.2) is 0 Å². The van der Waals surface area contributed by atoms with E-state index in [1.54, 1.807) is 0 Å². The predicted molar refractivity (Wildman–Crippen MR) is 101 cm³/mol. The van der Waals surface area contributed by atoms with Gasteiger partial charge in [0.05, 0.1) is 6.61 Å². The molecule has 1 aromatic carbocycles. The van der Waals surface area contributed by atoms with Gasteiger partial charge in [-0.2, -0.15) is 0 Å². The molecule has 25 heavy (non-hydrogen) atoms. The van der Waals surface area contributed by atoms with Gasteiger partial charge in [-0.3, -0.25) is 4.79 Å². The molecule has 1 aromatic rings. The van der Waals surface area contributed by atoms with Crippen molar-refractivity contribution in [2.75, 3.05) is 32.8 Å². The summed E-state index contributed by atoms with van der Waals surface area (Å²) in [6.45, 7) is 9.44. The van der Waals surface area contributed by atoms with E-state index in [1.165, 1.54) is 23.1 Å². The Morgan fingerprint density at radius 3 is 2.72 bits per heavy atom. The number of amides is 1. The second-order valence-electron chi connectivity index (χ2n) is 7.80. The minimum absolute atomic E-state index is 0.197. The fraction of sp³-hybridized carbons (Fsp3) is 0.667. The van der Waals surface area contributed by atoms with Crippen LogP contribution in [0, 0.1) is 19.8 Å². The third kappa shape index (κ3) is 5.55. The summed E-state index contributed by atoms with van der Waals surface area (Å²) in [6.07, 6.45) is 4.77. The van der Waals surface area contributed by atoms with Crippen LogP contribution in [0.5, 0.6) is 0 Å². The van der Waals surface area contributed by atoms with Crippen LogP contribution >= 0.6 is 0 Å². The Labute approximate surface area is 151 Å². The van der Waals surface area contributed by atoms with E-state index in [0.29, 0.717) is 18.4 Å². The molecule has 2 fully saturated rings. The summed E-state index contributed by atoms with van der Waals surface area (Å²) in [6, 6.07) is 6.83. The minimum Gasteiger partial charge on any atom is -0.381 e. The number of nitrogens with zero attached hydrogens (tertiary/aromatic N) is 1. The maximum atomic E-state index is 12.3. The van der Waals surface area contributed by atoms with Gasteiger partial charge in [0.25, 0.3) is 0 Å². The van der Waals surface area contributed by atoms with Crippen LogP contribution in [-0.2, 0) is 16.0 Å². The first-order chi connectivity index (χ1) is 12.1. The highest BCUT2D eigenvalue weighted by atomic mass is 16.5. The van der Waals surface area contributed by atoms with Gasteiger partial charge >= 0.3 is 0 Å². The van der Waals surface area contributed by atoms with Crippen LogP contribution in [0.25, 0.3) is 0 Å². The number of aryl methyl sites for hydroxylation is 3. The van der Waals surface area contributed by atoms with Gasteiger partial charge in [0.2, 0.25) is 5.91 Å².